The Morgan fingerprint density at radius 1 is 0.412 bits per heavy atom. The molecule has 0 saturated heterocycles. The first-order valence-electron chi connectivity index (χ1n) is 20.5. The fourth-order valence-electron chi connectivity index (χ4n) is 5.64. The van der Waals surface area contributed by atoms with E-state index < -0.39 is 23.7 Å². The number of aliphatic carboxylic acids is 1. The molecule has 0 aliphatic rings. The molecule has 0 atom stereocenters. The zero-order valence-electron chi connectivity index (χ0n) is 36.7. The molecule has 0 unspecified atom stereocenters. The van der Waals surface area contributed by atoms with Crippen LogP contribution in [0.3, 0.4) is 0 Å². The first kappa shape index (κ1) is 51.2. The second-order valence-corrected chi connectivity index (χ2v) is 18.1. The van der Waals surface area contributed by atoms with Crippen LogP contribution in [-0.4, -0.2) is 63.5 Å². The van der Waals surface area contributed by atoms with Crippen molar-refractivity contribution in [3.8, 4) is 0 Å². The third-order valence-corrected chi connectivity index (χ3v) is 13.3. The molecular weight excluding hydrogens is 913 g/mol. The van der Waals surface area contributed by atoms with Gasteiger partial charge in [-0.2, -0.15) is 17.6 Å². The van der Waals surface area contributed by atoms with Crippen molar-refractivity contribution in [3.05, 3.63) is 238 Å². The maximum atomic E-state index is 12.3. The van der Waals surface area contributed by atoms with Crippen LogP contribution in [-0.2, 0) is 26.6 Å². The van der Waals surface area contributed by atoms with Gasteiger partial charge in [-0.15, -0.1) is 0 Å². The number of hydrogen-bond acceptors (Lipinski definition) is 6. The Morgan fingerprint density at radius 2 is 0.632 bits per heavy atom. The number of carbonyl (C=O) groups excluding carboxylic acids is 2. The number of rotatable bonds is 8. The van der Waals surface area contributed by atoms with E-state index in [1.165, 1.54) is 63.6 Å². The highest BCUT2D eigenvalue weighted by Crippen LogP contribution is 2.32. The van der Waals surface area contributed by atoms with Crippen LogP contribution in [0.2, 0.25) is 0 Å². The van der Waals surface area contributed by atoms with E-state index in [0.29, 0.717) is 13.8 Å². The Morgan fingerprint density at radius 3 is 0.809 bits per heavy atom. The molecule has 16 heteroatoms. The molecule has 9 rings (SSSR count). The number of carbonyl (C=O) groups is 3. The normalized spacial score (nSPS) is 10.7. The minimum atomic E-state index is -3.58. The predicted molar refractivity (Wildman–Crippen MR) is 255 cm³/mol. The van der Waals surface area contributed by atoms with Crippen molar-refractivity contribution in [2.24, 2.45) is 0 Å². The maximum absolute atomic E-state index is 12.3. The number of benzene rings is 6. The topological polar surface area (TPSA) is 125 Å². The Balaban J connectivity index is 0.000000166. The number of nitrogens with zero attached hydrogens (tertiary/aromatic N) is 6. The standard InChI is InChI=1S/2C18H15S.C7H6N4O.C6H6F2N2O.C3H4F2O2/c2*1-4-10-16(11-5-1)19(17-12-6-2-7-13-17)18-14-8-3-9-15-18;12-7(10-3-1-8-5-10)11-4-2-9-6-11;1-6(7,8)5(11)10-3-2-9-4-10;1-3(4,5)2(6)7/h2*1-15H;1-6H;2-4H,1H3;1H3,(H,6,7)/q2*+1;;;. The Hall–Kier alpha value is -7.82. The van der Waals surface area contributed by atoms with Crippen molar-refractivity contribution >= 4 is 39.7 Å². The molecule has 0 radical (unpaired) electrons. The van der Waals surface area contributed by atoms with Crippen LogP contribution in [0.15, 0.2) is 268 Å². The molecule has 6 aromatic carbocycles. The monoisotopic (exact) mass is 958 g/mol. The molecule has 0 fully saturated rings. The van der Waals surface area contributed by atoms with Gasteiger partial charge in [0.05, 0.1) is 21.8 Å². The Kier molecular flexibility index (Phi) is 19.4. The van der Waals surface area contributed by atoms with Gasteiger partial charge in [-0.25, -0.2) is 24.5 Å². The maximum Gasteiger partial charge on any atom is 0.374 e. The molecule has 0 amide bonds. The summed E-state index contributed by atoms with van der Waals surface area (Å²) in [5, 5.41) is 7.50. The number of carboxylic acids is 1. The van der Waals surface area contributed by atoms with Crippen LogP contribution in [0.4, 0.5) is 22.4 Å². The van der Waals surface area contributed by atoms with E-state index in [9.17, 15) is 31.9 Å². The van der Waals surface area contributed by atoms with E-state index in [2.05, 4.69) is 197 Å². The van der Waals surface area contributed by atoms with E-state index in [1.807, 2.05) is 0 Å². The molecule has 0 bridgehead atoms. The summed E-state index contributed by atoms with van der Waals surface area (Å²) in [6.07, 6.45) is 12.7. The van der Waals surface area contributed by atoms with Crippen molar-refractivity contribution < 1.29 is 37.1 Å². The third kappa shape index (κ3) is 16.0. The molecule has 0 saturated carbocycles. The molecule has 9 aromatic rings. The molecule has 0 spiro atoms. The number of hydrogen-bond donors (Lipinski definition) is 1. The van der Waals surface area contributed by atoms with Gasteiger partial charge in [0.15, 0.2) is 29.4 Å². The highest BCUT2D eigenvalue weighted by Gasteiger charge is 2.33. The first-order chi connectivity index (χ1) is 32.7. The Bertz CT molecular complexity index is 2460. The van der Waals surface area contributed by atoms with Gasteiger partial charge in [-0.3, -0.25) is 18.5 Å². The molecule has 10 nitrogen and oxygen atoms in total. The van der Waals surface area contributed by atoms with E-state index in [1.54, 1.807) is 24.8 Å². The highest BCUT2D eigenvalue weighted by atomic mass is 32.2. The quantitative estimate of drug-likeness (QED) is 0.119. The van der Waals surface area contributed by atoms with E-state index >= 15 is 0 Å². The lowest BCUT2D eigenvalue weighted by Crippen LogP contribution is -2.29. The average molecular weight is 959 g/mol. The molecule has 3 aromatic heterocycles. The number of carboxylic acid groups (broad SMARTS) is 1. The van der Waals surface area contributed by atoms with Crippen LogP contribution in [0.1, 0.15) is 18.6 Å². The zero-order chi connectivity index (χ0) is 48.8. The smallest absolute Gasteiger partial charge is 0.374 e. The van der Waals surface area contributed by atoms with E-state index in [-0.39, 0.29) is 27.8 Å². The van der Waals surface area contributed by atoms with Gasteiger partial charge in [0.1, 0.15) is 19.0 Å². The molecule has 1 N–H and O–H groups in total. The summed E-state index contributed by atoms with van der Waals surface area (Å²) in [7, 11) is -0.0293. The zero-order valence-corrected chi connectivity index (χ0v) is 38.3. The predicted octanol–water partition coefficient (Wildman–Crippen LogP) is 12.1. The summed E-state index contributed by atoms with van der Waals surface area (Å²) in [5.74, 6) is -10.3. The van der Waals surface area contributed by atoms with Crippen LogP contribution in [0.5, 0.6) is 0 Å². The van der Waals surface area contributed by atoms with Gasteiger partial charge in [-0.1, -0.05) is 109 Å². The van der Waals surface area contributed by atoms with Crippen LogP contribution in [0, 0.1) is 0 Å². The number of imidazole rings is 3. The SMILES string of the molecule is CC(F)(F)C(=O)O.CC(F)(F)C(=O)n1ccnc1.O=C(n1ccnc1)n1ccnc1.c1ccc([S+](c2ccccc2)c2ccccc2)cc1.c1ccc([S+](c2ccccc2)c2ccccc2)cc1. The summed E-state index contributed by atoms with van der Waals surface area (Å²) in [6, 6.07) is 64.1. The number of aromatic nitrogens is 6. The summed E-state index contributed by atoms with van der Waals surface area (Å²) < 4.78 is 50.6. The summed E-state index contributed by atoms with van der Waals surface area (Å²) in [6.45, 7) is 0.880. The van der Waals surface area contributed by atoms with E-state index in [4.69, 9.17) is 5.11 Å². The molecule has 68 heavy (non-hydrogen) atoms. The van der Waals surface area contributed by atoms with Gasteiger partial charge in [0.25, 0.3) is 0 Å². The van der Waals surface area contributed by atoms with Crippen molar-refractivity contribution in [1.29, 1.82) is 0 Å². The second-order valence-electron chi connectivity index (χ2n) is 14.1. The summed E-state index contributed by atoms with van der Waals surface area (Å²) >= 11 is 0. The molecule has 3 heterocycles. The van der Waals surface area contributed by atoms with Crippen molar-refractivity contribution in [2.75, 3.05) is 0 Å². The van der Waals surface area contributed by atoms with Crippen LogP contribution >= 0.6 is 0 Å². The molecular formula is C52H46F4N6O4S2+2. The minimum Gasteiger partial charge on any atom is -0.477 e. The second kappa shape index (κ2) is 25.8. The molecule has 0 aliphatic carbocycles. The van der Waals surface area contributed by atoms with Gasteiger partial charge < -0.3 is 5.11 Å². The Labute approximate surface area is 397 Å². The van der Waals surface area contributed by atoms with E-state index in [0.717, 1.165) is 10.9 Å². The average Bonchev–Trinajstić information content (AvgIpc) is 4.20. The lowest BCUT2D eigenvalue weighted by molar-refractivity contribution is -0.161. The summed E-state index contributed by atoms with van der Waals surface area (Å²) in [5.41, 5.74) is 0. The molecule has 346 valence electrons. The number of alkyl halides is 4. The minimum absolute atomic E-state index is 0.0146. The molecule has 0 aliphatic heterocycles. The lowest BCUT2D eigenvalue weighted by atomic mass is 10.3. The van der Waals surface area contributed by atoms with Crippen LogP contribution in [0.25, 0.3) is 0 Å². The lowest BCUT2D eigenvalue weighted by Gasteiger charge is -2.07. The summed E-state index contributed by atoms with van der Waals surface area (Å²) in [4.78, 5) is 50.5. The fourth-order valence-corrected chi connectivity index (χ4v) is 9.85. The van der Waals surface area contributed by atoms with Gasteiger partial charge >= 0.3 is 29.8 Å². The third-order valence-electron chi connectivity index (χ3n) is 8.81. The van der Waals surface area contributed by atoms with Gasteiger partial charge in [-0.05, 0) is 72.8 Å². The number of halogens is 4. The van der Waals surface area contributed by atoms with Crippen molar-refractivity contribution in [1.82, 2.24) is 28.7 Å². The van der Waals surface area contributed by atoms with Crippen molar-refractivity contribution in [2.45, 2.75) is 55.1 Å². The largest absolute Gasteiger partial charge is 0.477 e. The van der Waals surface area contributed by atoms with Gasteiger partial charge in [0.2, 0.25) is 0 Å². The van der Waals surface area contributed by atoms with Gasteiger partial charge in [0, 0.05) is 51.0 Å². The fraction of sp³-hybridized carbons (Fsp3) is 0.0769. The highest BCUT2D eigenvalue weighted by molar-refractivity contribution is 7.97. The first-order valence-corrected chi connectivity index (χ1v) is 23.0. The van der Waals surface area contributed by atoms with Crippen LogP contribution < -0.4 is 0 Å². The van der Waals surface area contributed by atoms with Crippen molar-refractivity contribution in [3.63, 3.8) is 0 Å².